The molecule has 0 saturated heterocycles. The number of nitrogen functional groups attached to an aromatic ring is 1. The van der Waals surface area contributed by atoms with Crippen LogP contribution in [0.5, 0.6) is 0 Å². The van der Waals surface area contributed by atoms with Gasteiger partial charge in [-0.2, -0.15) is 0 Å². The minimum atomic E-state index is 0.822. The average molecular weight is 815 g/mol. The van der Waals surface area contributed by atoms with Crippen LogP contribution in [0.25, 0.3) is 11.6 Å². The molecule has 0 amide bonds. The van der Waals surface area contributed by atoms with Gasteiger partial charge in [0.25, 0.3) is 0 Å². The van der Waals surface area contributed by atoms with Crippen LogP contribution in [0.1, 0.15) is 59.7 Å². The van der Waals surface area contributed by atoms with Crippen LogP contribution < -0.4 is 22.7 Å². The largest absolute Gasteiger partial charge is 0.399 e. The van der Waals surface area contributed by atoms with Gasteiger partial charge in [0, 0.05) is 17.6 Å². The number of anilines is 2. The average Bonchev–Trinajstić information content (AvgIpc) is 3.70. The van der Waals surface area contributed by atoms with Gasteiger partial charge in [-0.3, -0.25) is 11.7 Å². The summed E-state index contributed by atoms with van der Waals surface area (Å²) in [6.07, 6.45) is 13.6. The van der Waals surface area contributed by atoms with Crippen molar-refractivity contribution < 1.29 is 0 Å². The van der Waals surface area contributed by atoms with Crippen molar-refractivity contribution in [1.29, 1.82) is 0 Å². The van der Waals surface area contributed by atoms with Gasteiger partial charge in [0.2, 0.25) is 0 Å². The number of para-hydroxylation sites is 1. The summed E-state index contributed by atoms with van der Waals surface area (Å²) in [4.78, 5) is 0. The van der Waals surface area contributed by atoms with Crippen molar-refractivity contribution in [3.63, 3.8) is 0 Å². The monoisotopic (exact) mass is 814 g/mol. The predicted molar refractivity (Wildman–Crippen MR) is 270 cm³/mol. The molecule has 0 fully saturated rings. The molecule has 7 aromatic carbocycles. The van der Waals surface area contributed by atoms with Gasteiger partial charge in [0.15, 0.2) is 0 Å². The Morgan fingerprint density at radius 2 is 1.05 bits per heavy atom. The van der Waals surface area contributed by atoms with Crippen LogP contribution in [-0.2, 0) is 19.3 Å². The molecular formula is C58H62N4. The van der Waals surface area contributed by atoms with E-state index < -0.39 is 0 Å². The van der Waals surface area contributed by atoms with E-state index >= 15 is 0 Å². The van der Waals surface area contributed by atoms with E-state index in [-0.39, 0.29) is 0 Å². The van der Waals surface area contributed by atoms with Gasteiger partial charge < -0.3 is 11.1 Å². The molecule has 0 saturated carbocycles. The van der Waals surface area contributed by atoms with Gasteiger partial charge >= 0.3 is 0 Å². The fourth-order valence-electron chi connectivity index (χ4n) is 6.89. The van der Waals surface area contributed by atoms with E-state index in [0.29, 0.717) is 0 Å². The number of rotatable bonds is 11. The molecule has 4 heteroatoms. The molecule has 314 valence electrons. The lowest BCUT2D eigenvalue weighted by molar-refractivity contribution is 1.19. The highest BCUT2D eigenvalue weighted by atomic mass is 15.0. The fourth-order valence-corrected chi connectivity index (χ4v) is 6.89. The summed E-state index contributed by atoms with van der Waals surface area (Å²) < 4.78 is 0. The Morgan fingerprint density at radius 1 is 0.581 bits per heavy atom. The minimum Gasteiger partial charge on any atom is -0.399 e. The Morgan fingerprint density at radius 3 is 1.56 bits per heavy atom. The number of allylic oxidation sites excluding steroid dienone is 7. The molecule has 0 unspecified atom stereocenters. The Labute approximate surface area is 371 Å². The first kappa shape index (κ1) is 47.4. The summed E-state index contributed by atoms with van der Waals surface area (Å²) in [5.41, 5.74) is 21.0. The number of benzene rings is 7. The summed E-state index contributed by atoms with van der Waals surface area (Å²) in [5.74, 6) is 8.00. The Bertz CT molecular complexity index is 2410. The molecule has 0 spiro atoms. The first-order chi connectivity index (χ1) is 30.6. The van der Waals surface area contributed by atoms with E-state index in [2.05, 4.69) is 225 Å². The second kappa shape index (κ2) is 27.5. The lowest BCUT2D eigenvalue weighted by Gasteiger charge is -2.13. The van der Waals surface area contributed by atoms with Crippen molar-refractivity contribution in [1.82, 2.24) is 0 Å². The summed E-state index contributed by atoms with van der Waals surface area (Å²) in [5, 5.41) is 3.51. The van der Waals surface area contributed by atoms with Gasteiger partial charge in [-0.1, -0.05) is 209 Å². The molecule has 0 aromatic heterocycles. The van der Waals surface area contributed by atoms with E-state index in [9.17, 15) is 0 Å². The second-order valence-electron chi connectivity index (χ2n) is 14.1. The highest BCUT2D eigenvalue weighted by Crippen LogP contribution is 2.40. The van der Waals surface area contributed by atoms with Crippen molar-refractivity contribution >= 4 is 23.0 Å². The first-order valence-corrected chi connectivity index (χ1v) is 21.2. The van der Waals surface area contributed by atoms with Gasteiger partial charge in [0.05, 0.1) is 0 Å². The zero-order chi connectivity index (χ0) is 44.2. The van der Waals surface area contributed by atoms with E-state index in [1.54, 1.807) is 0 Å². The van der Waals surface area contributed by atoms with Crippen LogP contribution in [0.4, 0.5) is 11.4 Å². The zero-order valence-electron chi connectivity index (χ0n) is 36.5. The Kier molecular flexibility index (Phi) is 21.0. The van der Waals surface area contributed by atoms with Crippen molar-refractivity contribution in [2.24, 2.45) is 11.7 Å². The topological polar surface area (TPSA) is 90.1 Å². The van der Waals surface area contributed by atoms with Crippen molar-refractivity contribution in [3.05, 3.63) is 287 Å². The third kappa shape index (κ3) is 15.7. The predicted octanol–water partition coefficient (Wildman–Crippen LogP) is 13.8. The van der Waals surface area contributed by atoms with Crippen molar-refractivity contribution in [2.75, 3.05) is 11.1 Å². The third-order valence-electron chi connectivity index (χ3n) is 9.71. The van der Waals surface area contributed by atoms with Crippen LogP contribution in [0.15, 0.2) is 248 Å². The molecule has 1 aliphatic rings. The maximum Gasteiger partial charge on any atom is 0.0382 e. The third-order valence-corrected chi connectivity index (χ3v) is 9.71. The minimum absolute atomic E-state index is 0.822. The van der Waals surface area contributed by atoms with Crippen LogP contribution in [0, 0.1) is 0 Å². The molecule has 0 atom stereocenters. The zero-order valence-corrected chi connectivity index (χ0v) is 36.5. The van der Waals surface area contributed by atoms with E-state index in [4.69, 9.17) is 5.73 Å². The number of fused-ring (bicyclic) bond motifs is 1. The number of hydrogen-bond donors (Lipinski definition) is 4. The van der Waals surface area contributed by atoms with Crippen LogP contribution in [0.2, 0.25) is 0 Å². The van der Waals surface area contributed by atoms with Crippen LogP contribution in [0.3, 0.4) is 0 Å². The summed E-state index contributed by atoms with van der Waals surface area (Å²) in [7, 11) is 0. The SMILES string of the molecule is C=C(C1=C(/C=C\Nc2cccc(Cc3ccccc3)c2)Cc2ccccc21)C(/C=C\C)=C/c1ccccc1.CC.NN.Nc1ccccc1.c1ccc(Cc2ccccc2)cc1. The summed E-state index contributed by atoms with van der Waals surface area (Å²) in [6, 6.07) is 68.9. The number of hydrogen-bond acceptors (Lipinski definition) is 4. The molecule has 7 aromatic rings. The number of hydrazine groups is 1. The number of nitrogens with two attached hydrogens (primary N) is 3. The Balaban J connectivity index is 0.000000286. The first-order valence-electron chi connectivity index (χ1n) is 21.2. The molecule has 7 N–H and O–H groups in total. The quantitative estimate of drug-likeness (QED) is 0.0453. The molecule has 8 rings (SSSR count). The molecule has 0 aliphatic heterocycles. The molecule has 4 nitrogen and oxygen atoms in total. The lowest BCUT2D eigenvalue weighted by Crippen LogP contribution is -2.02. The summed E-state index contributed by atoms with van der Waals surface area (Å²) in [6.45, 7) is 10.6. The van der Waals surface area contributed by atoms with E-state index in [0.717, 1.165) is 41.8 Å². The van der Waals surface area contributed by atoms with Gasteiger partial charge in [-0.05, 0) is 124 Å². The normalized spacial score (nSPS) is 11.4. The van der Waals surface area contributed by atoms with Gasteiger partial charge in [-0.25, -0.2) is 0 Å². The second-order valence-corrected chi connectivity index (χ2v) is 14.1. The maximum atomic E-state index is 5.36. The summed E-state index contributed by atoms with van der Waals surface area (Å²) >= 11 is 0. The van der Waals surface area contributed by atoms with Gasteiger partial charge in [-0.15, -0.1) is 0 Å². The molecule has 0 radical (unpaired) electrons. The molecule has 0 bridgehead atoms. The van der Waals surface area contributed by atoms with Gasteiger partial charge in [0.1, 0.15) is 0 Å². The molecule has 62 heavy (non-hydrogen) atoms. The molecule has 0 heterocycles. The van der Waals surface area contributed by atoms with E-state index in [1.807, 2.05) is 50.2 Å². The van der Waals surface area contributed by atoms with Crippen LogP contribution in [-0.4, -0.2) is 0 Å². The van der Waals surface area contributed by atoms with Crippen LogP contribution >= 0.6 is 0 Å². The smallest absolute Gasteiger partial charge is 0.0382 e. The Hall–Kier alpha value is -7.24. The highest BCUT2D eigenvalue weighted by Gasteiger charge is 2.22. The van der Waals surface area contributed by atoms with Crippen molar-refractivity contribution in [3.8, 4) is 0 Å². The molecular weight excluding hydrogens is 753 g/mol. The molecule has 1 aliphatic carbocycles. The van der Waals surface area contributed by atoms with E-state index in [1.165, 1.54) is 50.1 Å². The van der Waals surface area contributed by atoms with Crippen molar-refractivity contribution in [2.45, 2.75) is 40.0 Å². The number of nitrogens with one attached hydrogen (secondary N) is 1. The lowest BCUT2D eigenvalue weighted by atomic mass is 9.91. The standard InChI is InChI=1S/C37H33N.C13H12.C6H7N.C2H6.H4N2/c1-3-13-32(25-30-16-8-5-9-17-30)28(2)37-34(27-33-19-10-11-21-36(33)37)22-23-38-35-20-12-18-31(26-35)24-29-14-6-4-7-15-29;1-3-7-12(8-4-1)11-13-9-5-2-6-10-13;7-6-4-2-1-3-5-6;2*1-2/h3-23,25-26,38H,2,24,27H2,1H3;1-10H,11H2;1-5H,7H2;1-2H3;1-2H2/b13-3-,23-22-,32-25+;;;;. The maximum absolute atomic E-state index is 5.36. The fraction of sp³-hybridized carbons (Fsp3) is 0.103. The highest BCUT2D eigenvalue weighted by molar-refractivity contribution is 5.93.